The SMILES string of the molecule is CCNC(=O)C1CC(NC(=O)Cc2cccnc2)CN1CC1CCCCC1. The van der Waals surface area contributed by atoms with E-state index in [-0.39, 0.29) is 23.9 Å². The molecule has 0 bridgehead atoms. The fourth-order valence-electron chi connectivity index (χ4n) is 4.44. The van der Waals surface area contributed by atoms with Crippen LogP contribution in [-0.2, 0) is 16.0 Å². The van der Waals surface area contributed by atoms with Crippen LogP contribution in [0.2, 0.25) is 0 Å². The molecular weight excluding hydrogens is 340 g/mol. The quantitative estimate of drug-likeness (QED) is 0.767. The highest BCUT2D eigenvalue weighted by molar-refractivity contribution is 5.83. The normalized spacial score (nSPS) is 23.9. The van der Waals surface area contributed by atoms with Crippen molar-refractivity contribution < 1.29 is 9.59 Å². The molecule has 1 aliphatic heterocycles. The van der Waals surface area contributed by atoms with Crippen LogP contribution in [0.1, 0.15) is 51.0 Å². The van der Waals surface area contributed by atoms with Gasteiger partial charge in [0.15, 0.2) is 0 Å². The van der Waals surface area contributed by atoms with Crippen LogP contribution in [0.15, 0.2) is 24.5 Å². The number of carbonyl (C=O) groups is 2. The van der Waals surface area contributed by atoms with Gasteiger partial charge in [-0.2, -0.15) is 0 Å². The van der Waals surface area contributed by atoms with Crippen molar-refractivity contribution in [2.45, 2.75) is 64.0 Å². The van der Waals surface area contributed by atoms with Crippen LogP contribution in [0.25, 0.3) is 0 Å². The lowest BCUT2D eigenvalue weighted by molar-refractivity contribution is -0.125. The number of nitrogens with zero attached hydrogens (tertiary/aromatic N) is 2. The van der Waals surface area contributed by atoms with Gasteiger partial charge in [-0.15, -0.1) is 0 Å². The maximum absolute atomic E-state index is 12.5. The monoisotopic (exact) mass is 372 g/mol. The van der Waals surface area contributed by atoms with Crippen LogP contribution in [0, 0.1) is 5.92 Å². The third-order valence-corrected chi connectivity index (χ3v) is 5.73. The van der Waals surface area contributed by atoms with E-state index in [1.54, 1.807) is 12.4 Å². The number of amides is 2. The molecule has 2 amide bonds. The summed E-state index contributed by atoms with van der Waals surface area (Å²) in [7, 11) is 0. The minimum atomic E-state index is -0.129. The summed E-state index contributed by atoms with van der Waals surface area (Å²) in [5.74, 6) is 0.778. The van der Waals surface area contributed by atoms with Crippen LogP contribution in [-0.4, -0.2) is 53.4 Å². The fourth-order valence-corrected chi connectivity index (χ4v) is 4.44. The van der Waals surface area contributed by atoms with Gasteiger partial charge in [0.25, 0.3) is 0 Å². The average Bonchev–Trinajstić information content (AvgIpc) is 3.05. The van der Waals surface area contributed by atoms with E-state index in [0.29, 0.717) is 25.3 Å². The Balaban J connectivity index is 1.57. The second kappa shape index (κ2) is 9.83. The van der Waals surface area contributed by atoms with Gasteiger partial charge in [-0.3, -0.25) is 19.5 Å². The number of hydrogen-bond acceptors (Lipinski definition) is 4. The zero-order chi connectivity index (χ0) is 19.1. The van der Waals surface area contributed by atoms with E-state index in [2.05, 4.69) is 20.5 Å². The minimum absolute atomic E-state index is 0.00201. The lowest BCUT2D eigenvalue weighted by atomic mass is 9.89. The molecule has 1 aromatic heterocycles. The Kier molecular flexibility index (Phi) is 7.21. The van der Waals surface area contributed by atoms with Crippen molar-refractivity contribution in [3.05, 3.63) is 30.1 Å². The Morgan fingerprint density at radius 3 is 2.78 bits per heavy atom. The number of pyridine rings is 1. The van der Waals surface area contributed by atoms with Gasteiger partial charge in [0.05, 0.1) is 12.5 Å². The zero-order valence-corrected chi connectivity index (χ0v) is 16.3. The van der Waals surface area contributed by atoms with Gasteiger partial charge in [0.2, 0.25) is 11.8 Å². The van der Waals surface area contributed by atoms with Crippen molar-refractivity contribution in [3.8, 4) is 0 Å². The summed E-state index contributed by atoms with van der Waals surface area (Å²) in [5, 5.41) is 6.10. The fraction of sp³-hybridized carbons (Fsp3) is 0.667. The van der Waals surface area contributed by atoms with Crippen molar-refractivity contribution in [1.29, 1.82) is 0 Å². The van der Waals surface area contributed by atoms with E-state index < -0.39 is 0 Å². The van der Waals surface area contributed by atoms with Gasteiger partial charge in [0, 0.05) is 38.1 Å². The second-order valence-electron chi connectivity index (χ2n) is 7.91. The standard InChI is InChI=1S/C21H32N4O2/c1-2-23-21(27)19-12-18(15-25(19)14-16-7-4-3-5-8-16)24-20(26)11-17-9-6-10-22-13-17/h6,9-10,13,16,18-19H,2-5,7-8,11-12,14-15H2,1H3,(H,23,27)(H,24,26). The topological polar surface area (TPSA) is 74.3 Å². The van der Waals surface area contributed by atoms with Crippen molar-refractivity contribution >= 4 is 11.8 Å². The molecule has 1 aliphatic carbocycles. The Hall–Kier alpha value is -1.95. The Morgan fingerprint density at radius 2 is 2.07 bits per heavy atom. The summed E-state index contributed by atoms with van der Waals surface area (Å²) in [6.07, 6.45) is 10.9. The molecule has 6 heteroatoms. The molecule has 2 atom stereocenters. The van der Waals surface area contributed by atoms with Crippen LogP contribution in [0.4, 0.5) is 0 Å². The maximum atomic E-state index is 12.5. The van der Waals surface area contributed by atoms with Gasteiger partial charge < -0.3 is 10.6 Å². The molecule has 0 radical (unpaired) electrons. The number of likely N-dealkylation sites (N-methyl/N-ethyl adjacent to an activating group) is 1. The molecule has 0 aromatic carbocycles. The van der Waals surface area contributed by atoms with E-state index in [9.17, 15) is 9.59 Å². The van der Waals surface area contributed by atoms with Crippen molar-refractivity contribution in [2.24, 2.45) is 5.92 Å². The summed E-state index contributed by atoms with van der Waals surface area (Å²) >= 11 is 0. The maximum Gasteiger partial charge on any atom is 0.237 e. The number of likely N-dealkylation sites (tertiary alicyclic amines) is 1. The predicted octanol–water partition coefficient (Wildman–Crippen LogP) is 1.90. The highest BCUT2D eigenvalue weighted by atomic mass is 16.2. The van der Waals surface area contributed by atoms with E-state index in [0.717, 1.165) is 18.7 Å². The van der Waals surface area contributed by atoms with Gasteiger partial charge >= 0.3 is 0 Å². The zero-order valence-electron chi connectivity index (χ0n) is 16.3. The minimum Gasteiger partial charge on any atom is -0.355 e. The van der Waals surface area contributed by atoms with E-state index in [1.807, 2.05) is 19.1 Å². The number of aromatic nitrogens is 1. The van der Waals surface area contributed by atoms with E-state index in [4.69, 9.17) is 0 Å². The highest BCUT2D eigenvalue weighted by Crippen LogP contribution is 2.28. The lowest BCUT2D eigenvalue weighted by Gasteiger charge is -2.30. The molecule has 6 nitrogen and oxygen atoms in total. The molecule has 148 valence electrons. The van der Waals surface area contributed by atoms with E-state index >= 15 is 0 Å². The molecule has 2 N–H and O–H groups in total. The highest BCUT2D eigenvalue weighted by Gasteiger charge is 2.38. The number of hydrogen-bond donors (Lipinski definition) is 2. The number of nitrogens with one attached hydrogen (secondary N) is 2. The van der Waals surface area contributed by atoms with Gasteiger partial charge in [-0.1, -0.05) is 25.3 Å². The Labute approximate surface area is 162 Å². The molecule has 2 fully saturated rings. The van der Waals surface area contributed by atoms with Crippen LogP contribution < -0.4 is 10.6 Å². The summed E-state index contributed by atoms with van der Waals surface area (Å²) in [4.78, 5) is 31.3. The Morgan fingerprint density at radius 1 is 1.26 bits per heavy atom. The third kappa shape index (κ3) is 5.76. The first-order chi connectivity index (χ1) is 13.2. The van der Waals surface area contributed by atoms with Gasteiger partial charge in [-0.25, -0.2) is 0 Å². The summed E-state index contributed by atoms with van der Waals surface area (Å²) in [6, 6.07) is 3.66. The smallest absolute Gasteiger partial charge is 0.237 e. The first-order valence-electron chi connectivity index (χ1n) is 10.4. The predicted molar refractivity (Wildman–Crippen MR) is 105 cm³/mol. The second-order valence-corrected chi connectivity index (χ2v) is 7.91. The molecule has 1 saturated heterocycles. The molecule has 2 aliphatic rings. The largest absolute Gasteiger partial charge is 0.355 e. The van der Waals surface area contributed by atoms with Crippen LogP contribution >= 0.6 is 0 Å². The molecule has 1 saturated carbocycles. The summed E-state index contributed by atoms with van der Waals surface area (Å²) < 4.78 is 0. The number of rotatable bonds is 7. The van der Waals surface area contributed by atoms with Crippen molar-refractivity contribution in [2.75, 3.05) is 19.6 Å². The average molecular weight is 373 g/mol. The molecule has 3 rings (SSSR count). The van der Waals surface area contributed by atoms with Gasteiger partial charge in [0.1, 0.15) is 0 Å². The summed E-state index contributed by atoms with van der Waals surface area (Å²) in [6.45, 7) is 4.32. The van der Waals surface area contributed by atoms with E-state index in [1.165, 1.54) is 32.1 Å². The number of carbonyl (C=O) groups excluding carboxylic acids is 2. The molecule has 0 spiro atoms. The molecule has 2 heterocycles. The lowest BCUT2D eigenvalue weighted by Crippen LogP contribution is -2.45. The van der Waals surface area contributed by atoms with Gasteiger partial charge in [-0.05, 0) is 43.7 Å². The van der Waals surface area contributed by atoms with Crippen molar-refractivity contribution in [3.63, 3.8) is 0 Å². The molecular formula is C21H32N4O2. The summed E-state index contributed by atoms with van der Waals surface area (Å²) in [5.41, 5.74) is 0.910. The van der Waals surface area contributed by atoms with Crippen LogP contribution in [0.3, 0.4) is 0 Å². The molecule has 2 unspecified atom stereocenters. The first-order valence-corrected chi connectivity index (χ1v) is 10.4. The molecule has 1 aromatic rings. The van der Waals surface area contributed by atoms with Crippen molar-refractivity contribution in [1.82, 2.24) is 20.5 Å². The first kappa shape index (κ1) is 19.8. The Bertz CT molecular complexity index is 616. The third-order valence-electron chi connectivity index (χ3n) is 5.73. The van der Waals surface area contributed by atoms with Crippen LogP contribution in [0.5, 0.6) is 0 Å². The molecule has 27 heavy (non-hydrogen) atoms.